The molecule has 0 radical (unpaired) electrons. The number of hydrogen-bond acceptors (Lipinski definition) is 2. The number of benzene rings is 1. The van der Waals surface area contributed by atoms with Gasteiger partial charge in [-0.15, -0.1) is 12.4 Å². The summed E-state index contributed by atoms with van der Waals surface area (Å²) in [5.74, 6) is 0.205. The summed E-state index contributed by atoms with van der Waals surface area (Å²) in [7, 11) is 0. The lowest BCUT2D eigenvalue weighted by atomic mass is 9.86. The van der Waals surface area contributed by atoms with Gasteiger partial charge in [-0.05, 0) is 48.6 Å². The van der Waals surface area contributed by atoms with Crippen molar-refractivity contribution >= 4 is 18.3 Å². The second-order valence-corrected chi connectivity index (χ2v) is 8.32. The van der Waals surface area contributed by atoms with E-state index in [4.69, 9.17) is 0 Å². The van der Waals surface area contributed by atoms with Gasteiger partial charge in [0.15, 0.2) is 0 Å². The van der Waals surface area contributed by atoms with Crippen LogP contribution in [0.2, 0.25) is 0 Å². The van der Waals surface area contributed by atoms with Gasteiger partial charge in [0.25, 0.3) is 0 Å². The van der Waals surface area contributed by atoms with E-state index in [1.54, 1.807) is 0 Å². The maximum atomic E-state index is 12.2. The minimum absolute atomic E-state index is 0. The van der Waals surface area contributed by atoms with Crippen LogP contribution in [0, 0.1) is 0 Å². The van der Waals surface area contributed by atoms with Crippen molar-refractivity contribution in [1.82, 2.24) is 10.6 Å². The van der Waals surface area contributed by atoms with E-state index in [0.29, 0.717) is 24.5 Å². The van der Waals surface area contributed by atoms with Crippen LogP contribution in [0.5, 0.6) is 0 Å². The number of carbonyl (C=O) groups is 1. The first kappa shape index (κ1) is 19.3. The van der Waals surface area contributed by atoms with Crippen molar-refractivity contribution in [1.29, 1.82) is 0 Å². The second-order valence-electron chi connectivity index (χ2n) is 8.32. The van der Waals surface area contributed by atoms with Gasteiger partial charge in [0.1, 0.15) is 0 Å². The van der Waals surface area contributed by atoms with Crippen LogP contribution in [-0.4, -0.2) is 24.0 Å². The monoisotopic (exact) mass is 350 g/mol. The lowest BCUT2D eigenvalue weighted by molar-refractivity contribution is -0.122. The molecule has 0 aliphatic carbocycles. The standard InChI is InChI=1S/C20H30N2O.ClH/c1-20(2,3)15-7-4-14(5-8-15)6-11-19(23)22-18-12-16-9-10-17(13-18)21-16;/h4-5,7-8,16-18,21H,6,9-13H2,1-3H3,(H,22,23);1H. The zero-order valence-electron chi connectivity index (χ0n) is 15.1. The maximum Gasteiger partial charge on any atom is 0.220 e. The summed E-state index contributed by atoms with van der Waals surface area (Å²) in [6, 6.07) is 10.4. The van der Waals surface area contributed by atoms with Crippen molar-refractivity contribution in [3.8, 4) is 0 Å². The second kappa shape index (κ2) is 7.88. The molecule has 3 nitrogen and oxygen atoms in total. The summed E-state index contributed by atoms with van der Waals surface area (Å²) in [6.45, 7) is 6.67. The topological polar surface area (TPSA) is 41.1 Å². The number of aryl methyl sites for hydroxylation is 1. The highest BCUT2D eigenvalue weighted by Crippen LogP contribution is 2.27. The highest BCUT2D eigenvalue weighted by molar-refractivity contribution is 5.85. The normalized spacial score (nSPS) is 25.9. The molecule has 134 valence electrons. The number of carbonyl (C=O) groups excluding carboxylic acids is 1. The van der Waals surface area contributed by atoms with Crippen molar-refractivity contribution in [3.63, 3.8) is 0 Å². The molecule has 2 bridgehead atoms. The van der Waals surface area contributed by atoms with Gasteiger partial charge >= 0.3 is 0 Å². The Morgan fingerprint density at radius 2 is 1.71 bits per heavy atom. The summed E-state index contributed by atoms with van der Waals surface area (Å²) < 4.78 is 0. The van der Waals surface area contributed by atoms with Gasteiger partial charge in [0.2, 0.25) is 5.91 Å². The Balaban J connectivity index is 0.00000208. The molecule has 4 heteroatoms. The molecule has 0 spiro atoms. The minimum Gasteiger partial charge on any atom is -0.353 e. The zero-order valence-corrected chi connectivity index (χ0v) is 15.9. The van der Waals surface area contributed by atoms with Crippen molar-refractivity contribution in [2.24, 2.45) is 0 Å². The number of nitrogens with one attached hydrogen (secondary N) is 2. The Morgan fingerprint density at radius 3 is 2.25 bits per heavy atom. The first-order valence-electron chi connectivity index (χ1n) is 9.05. The van der Waals surface area contributed by atoms with Crippen LogP contribution in [0.15, 0.2) is 24.3 Å². The summed E-state index contributed by atoms with van der Waals surface area (Å²) in [6.07, 6.45) is 6.17. The third-order valence-electron chi connectivity index (χ3n) is 5.30. The van der Waals surface area contributed by atoms with E-state index in [0.717, 1.165) is 19.3 Å². The number of piperidine rings is 1. The first-order valence-corrected chi connectivity index (χ1v) is 9.05. The van der Waals surface area contributed by atoms with Gasteiger partial charge in [0.05, 0.1) is 0 Å². The van der Waals surface area contributed by atoms with Crippen LogP contribution in [-0.2, 0) is 16.6 Å². The molecule has 3 rings (SSSR count). The quantitative estimate of drug-likeness (QED) is 0.868. The van der Waals surface area contributed by atoms with E-state index in [2.05, 4.69) is 55.7 Å². The van der Waals surface area contributed by atoms with Crippen LogP contribution in [0.4, 0.5) is 0 Å². The zero-order chi connectivity index (χ0) is 16.4. The van der Waals surface area contributed by atoms with Crippen LogP contribution >= 0.6 is 12.4 Å². The van der Waals surface area contributed by atoms with Gasteiger partial charge in [-0.2, -0.15) is 0 Å². The number of fused-ring (bicyclic) bond motifs is 2. The van der Waals surface area contributed by atoms with E-state index in [1.807, 2.05) is 0 Å². The lowest BCUT2D eigenvalue weighted by Gasteiger charge is -2.29. The molecule has 2 N–H and O–H groups in total. The summed E-state index contributed by atoms with van der Waals surface area (Å²) in [4.78, 5) is 12.2. The molecule has 2 aliphatic heterocycles. The Kier molecular flexibility index (Phi) is 6.33. The van der Waals surface area contributed by atoms with Crippen LogP contribution in [0.25, 0.3) is 0 Å². The van der Waals surface area contributed by atoms with Crippen molar-refractivity contribution in [3.05, 3.63) is 35.4 Å². The van der Waals surface area contributed by atoms with Crippen molar-refractivity contribution < 1.29 is 4.79 Å². The molecule has 0 saturated carbocycles. The Bertz CT molecular complexity index is 538. The molecule has 1 aromatic carbocycles. The van der Waals surface area contributed by atoms with Crippen LogP contribution in [0.3, 0.4) is 0 Å². The fourth-order valence-corrected chi connectivity index (χ4v) is 3.90. The largest absolute Gasteiger partial charge is 0.353 e. The summed E-state index contributed by atoms with van der Waals surface area (Å²) in [5.41, 5.74) is 2.78. The molecule has 1 aromatic rings. The number of hydrogen-bond donors (Lipinski definition) is 2. The van der Waals surface area contributed by atoms with E-state index in [1.165, 1.54) is 24.0 Å². The number of halogens is 1. The van der Waals surface area contributed by atoms with Gasteiger partial charge < -0.3 is 10.6 Å². The Morgan fingerprint density at radius 1 is 1.12 bits per heavy atom. The molecule has 0 aromatic heterocycles. The Hall–Kier alpha value is -1.06. The van der Waals surface area contributed by atoms with Gasteiger partial charge in [-0.25, -0.2) is 0 Å². The number of amides is 1. The van der Waals surface area contributed by atoms with Crippen molar-refractivity contribution in [2.45, 2.75) is 82.8 Å². The van der Waals surface area contributed by atoms with E-state index >= 15 is 0 Å². The summed E-state index contributed by atoms with van der Waals surface area (Å²) in [5, 5.41) is 6.86. The third-order valence-corrected chi connectivity index (χ3v) is 5.30. The van der Waals surface area contributed by atoms with Gasteiger partial charge in [-0.3, -0.25) is 4.79 Å². The molecular formula is C20H31ClN2O. The smallest absolute Gasteiger partial charge is 0.220 e. The third kappa shape index (κ3) is 4.97. The predicted octanol–water partition coefficient (Wildman–Crippen LogP) is 3.74. The number of rotatable bonds is 4. The molecule has 2 fully saturated rings. The highest BCUT2D eigenvalue weighted by atomic mass is 35.5. The molecule has 24 heavy (non-hydrogen) atoms. The average Bonchev–Trinajstić information content (AvgIpc) is 2.83. The summed E-state index contributed by atoms with van der Waals surface area (Å²) >= 11 is 0. The predicted molar refractivity (Wildman–Crippen MR) is 102 cm³/mol. The van der Waals surface area contributed by atoms with Crippen molar-refractivity contribution in [2.75, 3.05) is 0 Å². The molecule has 2 atom stereocenters. The van der Waals surface area contributed by atoms with Gasteiger partial charge in [-0.1, -0.05) is 45.0 Å². The van der Waals surface area contributed by atoms with E-state index in [9.17, 15) is 4.79 Å². The lowest BCUT2D eigenvalue weighted by Crippen LogP contribution is -2.48. The van der Waals surface area contributed by atoms with E-state index < -0.39 is 0 Å². The SMILES string of the molecule is CC(C)(C)c1ccc(CCC(=O)NC2CC3CCC(C2)N3)cc1.Cl. The molecule has 2 unspecified atom stereocenters. The molecule has 2 heterocycles. The average molecular weight is 351 g/mol. The molecule has 1 amide bonds. The van der Waals surface area contributed by atoms with Crippen LogP contribution in [0.1, 0.15) is 64.0 Å². The first-order chi connectivity index (χ1) is 10.9. The van der Waals surface area contributed by atoms with Gasteiger partial charge in [0, 0.05) is 24.5 Å². The Labute approximate surface area is 152 Å². The van der Waals surface area contributed by atoms with Crippen LogP contribution < -0.4 is 10.6 Å². The molecular weight excluding hydrogens is 320 g/mol. The fourth-order valence-electron chi connectivity index (χ4n) is 3.90. The molecule has 2 saturated heterocycles. The van der Waals surface area contributed by atoms with E-state index in [-0.39, 0.29) is 23.7 Å². The molecule has 2 aliphatic rings. The maximum absolute atomic E-state index is 12.2. The minimum atomic E-state index is 0. The fraction of sp³-hybridized carbons (Fsp3) is 0.650. The highest BCUT2D eigenvalue weighted by Gasteiger charge is 2.33.